The van der Waals surface area contributed by atoms with Gasteiger partial charge in [0.15, 0.2) is 0 Å². The van der Waals surface area contributed by atoms with Crippen molar-refractivity contribution in [2.24, 2.45) is 0 Å². The lowest BCUT2D eigenvalue weighted by Crippen LogP contribution is -2.05. The van der Waals surface area contributed by atoms with Crippen LogP contribution in [0, 0.1) is 0 Å². The molecule has 4 heteroatoms. The number of benzene rings is 1. The number of aromatic nitrogens is 1. The number of fused-ring (bicyclic) bond motifs is 1. The molecule has 0 aliphatic carbocycles. The van der Waals surface area contributed by atoms with Crippen LogP contribution >= 0.6 is 0 Å². The van der Waals surface area contributed by atoms with Crippen molar-refractivity contribution < 1.29 is 9.63 Å². The second kappa shape index (κ2) is 3.96. The van der Waals surface area contributed by atoms with E-state index < -0.39 is 0 Å². The van der Waals surface area contributed by atoms with Gasteiger partial charge < -0.3 is 4.84 Å². The fourth-order valence-corrected chi connectivity index (χ4v) is 1.27. The van der Waals surface area contributed by atoms with E-state index in [0.29, 0.717) is 0 Å². The van der Waals surface area contributed by atoms with Crippen molar-refractivity contribution in [3.05, 3.63) is 36.5 Å². The first-order chi connectivity index (χ1) is 7.25. The van der Waals surface area contributed by atoms with Crippen LogP contribution < -0.4 is 5.48 Å². The first-order valence-electron chi connectivity index (χ1n) is 4.54. The van der Waals surface area contributed by atoms with Crippen molar-refractivity contribution in [1.29, 1.82) is 0 Å². The molecule has 76 valence electrons. The van der Waals surface area contributed by atoms with E-state index in [1.165, 1.54) is 6.92 Å². The van der Waals surface area contributed by atoms with Gasteiger partial charge in [0.1, 0.15) is 0 Å². The molecule has 1 aromatic heterocycles. The summed E-state index contributed by atoms with van der Waals surface area (Å²) >= 11 is 0. The van der Waals surface area contributed by atoms with Gasteiger partial charge >= 0.3 is 5.97 Å². The number of hydrogen-bond donors (Lipinski definition) is 1. The summed E-state index contributed by atoms with van der Waals surface area (Å²) in [5, 5.41) is 0.995. The lowest BCUT2D eigenvalue weighted by atomic mass is 10.2. The molecule has 0 saturated heterocycles. The number of nitrogens with zero attached hydrogens (tertiary/aromatic N) is 1. The molecule has 1 heterocycles. The Balaban J connectivity index is 2.26. The number of hydrogen-bond acceptors (Lipinski definition) is 4. The van der Waals surface area contributed by atoms with E-state index in [-0.39, 0.29) is 5.97 Å². The second-order valence-electron chi connectivity index (χ2n) is 3.11. The van der Waals surface area contributed by atoms with E-state index in [9.17, 15) is 4.79 Å². The summed E-state index contributed by atoms with van der Waals surface area (Å²) in [6, 6.07) is 9.34. The standard InChI is InChI=1S/C11H10N2O2/c1-8(14)15-13-10-4-5-11-9(7-10)3-2-6-12-11/h2-7,13H,1H3. The molecule has 15 heavy (non-hydrogen) atoms. The third-order valence-corrected chi connectivity index (χ3v) is 1.92. The molecule has 0 radical (unpaired) electrons. The molecule has 0 aliphatic rings. The van der Waals surface area contributed by atoms with Gasteiger partial charge in [0.2, 0.25) is 0 Å². The topological polar surface area (TPSA) is 51.2 Å². The van der Waals surface area contributed by atoms with Crippen LogP contribution in [0.1, 0.15) is 6.92 Å². The number of nitrogens with one attached hydrogen (secondary N) is 1. The lowest BCUT2D eigenvalue weighted by Gasteiger charge is -2.05. The van der Waals surface area contributed by atoms with E-state index >= 15 is 0 Å². The molecule has 0 aliphatic heterocycles. The summed E-state index contributed by atoms with van der Waals surface area (Å²) in [5.74, 6) is -0.374. The molecular weight excluding hydrogens is 192 g/mol. The molecule has 4 nitrogen and oxygen atoms in total. The maximum atomic E-state index is 10.6. The van der Waals surface area contributed by atoms with E-state index in [4.69, 9.17) is 0 Å². The zero-order valence-electron chi connectivity index (χ0n) is 8.23. The molecule has 0 atom stereocenters. The summed E-state index contributed by atoms with van der Waals surface area (Å²) < 4.78 is 0. The Kier molecular flexibility index (Phi) is 2.49. The number of carbonyl (C=O) groups is 1. The Labute approximate surface area is 86.8 Å². The van der Waals surface area contributed by atoms with Crippen molar-refractivity contribution in [2.75, 3.05) is 5.48 Å². The molecule has 0 amide bonds. The minimum atomic E-state index is -0.374. The van der Waals surface area contributed by atoms with E-state index in [1.807, 2.05) is 24.3 Å². The summed E-state index contributed by atoms with van der Waals surface area (Å²) in [6.45, 7) is 1.34. The quantitative estimate of drug-likeness (QED) is 0.758. The summed E-state index contributed by atoms with van der Waals surface area (Å²) in [7, 11) is 0. The fraction of sp³-hybridized carbons (Fsp3) is 0.0909. The van der Waals surface area contributed by atoms with Crippen LogP contribution in [-0.2, 0) is 9.63 Å². The molecule has 0 saturated carbocycles. The highest BCUT2D eigenvalue weighted by atomic mass is 16.7. The van der Waals surface area contributed by atoms with Crippen molar-refractivity contribution in [1.82, 2.24) is 4.98 Å². The molecule has 0 spiro atoms. The van der Waals surface area contributed by atoms with Crippen molar-refractivity contribution in [2.45, 2.75) is 6.92 Å². The van der Waals surface area contributed by atoms with Crippen LogP contribution in [0.4, 0.5) is 5.69 Å². The Hall–Kier alpha value is -2.10. The van der Waals surface area contributed by atoms with Gasteiger partial charge in [0.25, 0.3) is 0 Å². The predicted molar refractivity (Wildman–Crippen MR) is 57.1 cm³/mol. The van der Waals surface area contributed by atoms with Gasteiger partial charge in [-0.3, -0.25) is 9.78 Å². The zero-order valence-corrected chi connectivity index (χ0v) is 8.23. The monoisotopic (exact) mass is 202 g/mol. The molecular formula is C11H10N2O2. The van der Waals surface area contributed by atoms with E-state index in [0.717, 1.165) is 16.6 Å². The highest BCUT2D eigenvalue weighted by Crippen LogP contribution is 2.16. The van der Waals surface area contributed by atoms with E-state index in [1.54, 1.807) is 12.3 Å². The van der Waals surface area contributed by atoms with Crippen molar-refractivity contribution in [3.8, 4) is 0 Å². The molecule has 0 unspecified atom stereocenters. The SMILES string of the molecule is CC(=O)ONc1ccc2ncccc2c1. The predicted octanol–water partition coefficient (Wildman–Crippen LogP) is 2.12. The van der Waals surface area contributed by atoms with Crippen LogP contribution in [-0.4, -0.2) is 11.0 Å². The average Bonchev–Trinajstić information content (AvgIpc) is 2.26. The second-order valence-corrected chi connectivity index (χ2v) is 3.11. The Morgan fingerprint density at radius 1 is 1.40 bits per heavy atom. The molecule has 2 aromatic rings. The highest BCUT2D eigenvalue weighted by Gasteiger charge is 1.97. The molecule has 0 bridgehead atoms. The molecule has 2 rings (SSSR count). The summed E-state index contributed by atoms with van der Waals surface area (Å²) in [6.07, 6.45) is 1.74. The van der Waals surface area contributed by atoms with Crippen molar-refractivity contribution in [3.63, 3.8) is 0 Å². The van der Waals surface area contributed by atoms with Gasteiger partial charge in [-0.2, -0.15) is 0 Å². The first-order valence-corrected chi connectivity index (χ1v) is 4.54. The summed E-state index contributed by atoms with van der Waals surface area (Å²) in [4.78, 5) is 19.4. The normalized spacial score (nSPS) is 9.93. The zero-order chi connectivity index (χ0) is 10.7. The van der Waals surface area contributed by atoms with Gasteiger partial charge in [-0.1, -0.05) is 6.07 Å². The molecule has 1 N–H and O–H groups in total. The lowest BCUT2D eigenvalue weighted by molar-refractivity contribution is -0.138. The van der Waals surface area contributed by atoms with Crippen LogP contribution in [0.3, 0.4) is 0 Å². The van der Waals surface area contributed by atoms with Crippen LogP contribution in [0.15, 0.2) is 36.5 Å². The maximum absolute atomic E-state index is 10.6. The minimum absolute atomic E-state index is 0.374. The van der Waals surface area contributed by atoms with Gasteiger partial charge in [0, 0.05) is 18.5 Å². The van der Waals surface area contributed by atoms with Gasteiger partial charge in [-0.25, -0.2) is 5.48 Å². The number of rotatable bonds is 2. The van der Waals surface area contributed by atoms with Gasteiger partial charge in [-0.15, -0.1) is 0 Å². The number of anilines is 1. The molecule has 1 aromatic carbocycles. The Morgan fingerprint density at radius 2 is 2.27 bits per heavy atom. The first kappa shape index (κ1) is 9.45. The Morgan fingerprint density at radius 3 is 3.07 bits per heavy atom. The van der Waals surface area contributed by atoms with E-state index in [2.05, 4.69) is 15.3 Å². The fourth-order valence-electron chi connectivity index (χ4n) is 1.27. The van der Waals surface area contributed by atoms with Crippen molar-refractivity contribution >= 4 is 22.6 Å². The van der Waals surface area contributed by atoms with Gasteiger partial charge in [0.05, 0.1) is 11.2 Å². The smallest absolute Gasteiger partial charge is 0.329 e. The van der Waals surface area contributed by atoms with Crippen LogP contribution in [0.5, 0.6) is 0 Å². The van der Waals surface area contributed by atoms with Crippen LogP contribution in [0.2, 0.25) is 0 Å². The third kappa shape index (κ3) is 2.22. The average molecular weight is 202 g/mol. The number of pyridine rings is 1. The minimum Gasteiger partial charge on any atom is -0.344 e. The summed E-state index contributed by atoms with van der Waals surface area (Å²) in [5.41, 5.74) is 4.19. The number of carbonyl (C=O) groups excluding carboxylic acids is 1. The molecule has 0 fully saturated rings. The maximum Gasteiger partial charge on any atom is 0.329 e. The highest BCUT2D eigenvalue weighted by molar-refractivity contribution is 5.82. The Bertz CT molecular complexity index is 497. The largest absolute Gasteiger partial charge is 0.344 e. The third-order valence-electron chi connectivity index (χ3n) is 1.92. The van der Waals surface area contributed by atoms with Gasteiger partial charge in [-0.05, 0) is 24.3 Å². The van der Waals surface area contributed by atoms with Crippen LogP contribution in [0.25, 0.3) is 10.9 Å².